The van der Waals surface area contributed by atoms with E-state index in [1.807, 2.05) is 26.0 Å². The van der Waals surface area contributed by atoms with Crippen molar-refractivity contribution in [1.29, 1.82) is 0 Å². The van der Waals surface area contributed by atoms with E-state index in [0.29, 0.717) is 30.7 Å². The van der Waals surface area contributed by atoms with Crippen molar-refractivity contribution in [2.45, 2.75) is 77.9 Å². The molecule has 0 amide bonds. The molecule has 2 heteroatoms. The Morgan fingerprint density at radius 3 is 2.62 bits per heavy atom. The second-order valence-corrected chi connectivity index (χ2v) is 9.78. The fourth-order valence-corrected chi connectivity index (χ4v) is 6.80. The van der Waals surface area contributed by atoms with Crippen molar-refractivity contribution in [3.63, 3.8) is 0 Å². The monoisotopic (exact) mass is 432 g/mol. The lowest BCUT2D eigenvalue weighted by atomic mass is 9.55. The Morgan fingerprint density at radius 1 is 1.03 bits per heavy atom. The summed E-state index contributed by atoms with van der Waals surface area (Å²) >= 11 is 0. The van der Waals surface area contributed by atoms with Gasteiger partial charge in [-0.25, -0.2) is 0 Å². The molecule has 2 nitrogen and oxygen atoms in total. The maximum Gasteiger partial charge on any atom is 0.120 e. The predicted molar refractivity (Wildman–Crippen MR) is 133 cm³/mol. The molecule has 0 saturated heterocycles. The zero-order valence-electron chi connectivity index (χ0n) is 20.2. The Kier molecular flexibility index (Phi) is 7.40. The minimum atomic E-state index is 0.348. The molecule has 2 saturated carbocycles. The second-order valence-electron chi connectivity index (χ2n) is 9.78. The molecule has 0 radical (unpaired) electrons. The van der Waals surface area contributed by atoms with Crippen LogP contribution in [-0.4, -0.2) is 12.7 Å². The Morgan fingerprint density at radius 2 is 1.84 bits per heavy atom. The number of hydrogen-bond donors (Lipinski definition) is 0. The van der Waals surface area contributed by atoms with Gasteiger partial charge in [0.2, 0.25) is 0 Å². The molecule has 0 heterocycles. The van der Waals surface area contributed by atoms with Crippen LogP contribution in [0.1, 0.15) is 75.5 Å². The summed E-state index contributed by atoms with van der Waals surface area (Å²) in [6.45, 7) is 11.7. The van der Waals surface area contributed by atoms with Crippen molar-refractivity contribution in [2.24, 2.45) is 17.3 Å². The molecule has 0 N–H and O–H groups in total. The summed E-state index contributed by atoms with van der Waals surface area (Å²) in [5, 5.41) is 0. The van der Waals surface area contributed by atoms with Gasteiger partial charge in [-0.05, 0) is 90.5 Å². The van der Waals surface area contributed by atoms with Crippen LogP contribution in [0.4, 0.5) is 0 Å². The van der Waals surface area contributed by atoms with E-state index in [-0.39, 0.29) is 0 Å². The van der Waals surface area contributed by atoms with E-state index in [0.717, 1.165) is 17.6 Å². The quantitative estimate of drug-likeness (QED) is 0.435. The Hall–Kier alpha value is -2.06. The van der Waals surface area contributed by atoms with Gasteiger partial charge in [0.1, 0.15) is 12.4 Å². The van der Waals surface area contributed by atoms with Crippen LogP contribution < -0.4 is 4.74 Å². The van der Waals surface area contributed by atoms with E-state index in [4.69, 9.17) is 9.47 Å². The zero-order valence-corrected chi connectivity index (χ0v) is 20.2. The van der Waals surface area contributed by atoms with E-state index in [9.17, 15) is 0 Å². The summed E-state index contributed by atoms with van der Waals surface area (Å²) in [5.41, 5.74) is 4.68. The minimum absolute atomic E-state index is 0.348. The Labute approximate surface area is 195 Å². The van der Waals surface area contributed by atoms with E-state index >= 15 is 0 Å². The fourth-order valence-electron chi connectivity index (χ4n) is 6.80. The predicted octanol–water partition coefficient (Wildman–Crippen LogP) is 7.72. The number of rotatable bonds is 6. The highest BCUT2D eigenvalue weighted by Crippen LogP contribution is 2.61. The van der Waals surface area contributed by atoms with Gasteiger partial charge in [-0.1, -0.05) is 63.2 Å². The molecule has 0 aliphatic heterocycles. The number of fused-ring (bicyclic) bond motifs is 5. The molecule has 3 aliphatic rings. The summed E-state index contributed by atoms with van der Waals surface area (Å²) in [7, 11) is 0. The van der Waals surface area contributed by atoms with Crippen LogP contribution >= 0.6 is 0 Å². The smallest absolute Gasteiger partial charge is 0.120 e. The van der Waals surface area contributed by atoms with Crippen molar-refractivity contribution < 1.29 is 9.47 Å². The first-order chi connectivity index (χ1) is 15.7. The highest BCUT2D eigenvalue weighted by Gasteiger charge is 2.55. The highest BCUT2D eigenvalue weighted by molar-refractivity contribution is 5.41. The summed E-state index contributed by atoms with van der Waals surface area (Å²) < 4.78 is 12.3. The maximum absolute atomic E-state index is 6.22. The number of ether oxygens (including phenoxy) is 2. The molecular formula is C30H40O2. The molecule has 5 rings (SSSR count). The molecule has 2 aromatic rings. The van der Waals surface area contributed by atoms with Gasteiger partial charge in [0.15, 0.2) is 0 Å². The van der Waals surface area contributed by atoms with Crippen molar-refractivity contribution in [2.75, 3.05) is 6.61 Å². The topological polar surface area (TPSA) is 18.5 Å². The van der Waals surface area contributed by atoms with E-state index in [2.05, 4.69) is 56.0 Å². The van der Waals surface area contributed by atoms with Crippen molar-refractivity contribution in [1.82, 2.24) is 0 Å². The van der Waals surface area contributed by atoms with Gasteiger partial charge in [0, 0.05) is 0 Å². The number of hydrogen-bond acceptors (Lipinski definition) is 2. The van der Waals surface area contributed by atoms with Gasteiger partial charge in [0.25, 0.3) is 0 Å². The third kappa shape index (κ3) is 4.39. The molecule has 172 valence electrons. The highest BCUT2D eigenvalue weighted by atomic mass is 16.5. The van der Waals surface area contributed by atoms with Crippen LogP contribution in [0.25, 0.3) is 0 Å². The average Bonchev–Trinajstić information content (AvgIpc) is 3.19. The molecule has 3 aliphatic carbocycles. The third-order valence-electron chi connectivity index (χ3n) is 8.27. The summed E-state index contributed by atoms with van der Waals surface area (Å²) in [6.07, 6.45) is 9.94. The molecule has 2 aromatic carbocycles. The fraction of sp³-hybridized carbons (Fsp3) is 0.533. The number of benzene rings is 2. The van der Waals surface area contributed by atoms with Crippen LogP contribution in [0.2, 0.25) is 0 Å². The van der Waals surface area contributed by atoms with Gasteiger partial charge in [-0.3, -0.25) is 0 Å². The van der Waals surface area contributed by atoms with Gasteiger partial charge >= 0.3 is 0 Å². The standard InChI is InChI=1S/C28H34O2.C2H6/c1-3-17-29-27-14-13-26-25-11-9-21-18-22(30-19-20-7-5-4-6-8-20)10-12-23(21)24(25)15-16-28(26,27)2;1-2/h3-8,10,12,18,24-27H,1,9,11,13-17,19H2,2H3;1-2H3. The van der Waals surface area contributed by atoms with Crippen LogP contribution in [-0.2, 0) is 17.8 Å². The van der Waals surface area contributed by atoms with Crippen LogP contribution in [0.3, 0.4) is 0 Å². The second kappa shape index (κ2) is 10.3. The van der Waals surface area contributed by atoms with Gasteiger partial charge in [0.05, 0.1) is 12.7 Å². The molecule has 2 fully saturated rings. The first kappa shape index (κ1) is 23.1. The van der Waals surface area contributed by atoms with Gasteiger partial charge < -0.3 is 9.47 Å². The lowest BCUT2D eigenvalue weighted by Crippen LogP contribution is -2.44. The Balaban J connectivity index is 0.00000119. The van der Waals surface area contributed by atoms with Crippen LogP contribution in [0, 0.1) is 17.3 Å². The molecule has 0 aromatic heterocycles. The lowest BCUT2D eigenvalue weighted by Gasteiger charge is -2.50. The SMILES string of the molecule is C=CCOC1CCC2C3CCc4cc(OCc5ccccc5)ccc4C3CCC12C.CC. The van der Waals surface area contributed by atoms with Crippen LogP contribution in [0.5, 0.6) is 5.75 Å². The van der Waals surface area contributed by atoms with Crippen molar-refractivity contribution >= 4 is 0 Å². The molecule has 5 unspecified atom stereocenters. The first-order valence-electron chi connectivity index (χ1n) is 12.7. The Bertz CT molecular complexity index is 889. The molecule has 32 heavy (non-hydrogen) atoms. The molecule has 0 spiro atoms. The van der Waals surface area contributed by atoms with E-state index in [1.165, 1.54) is 49.7 Å². The summed E-state index contributed by atoms with van der Waals surface area (Å²) in [4.78, 5) is 0. The van der Waals surface area contributed by atoms with Crippen molar-refractivity contribution in [3.05, 3.63) is 77.9 Å². The minimum Gasteiger partial charge on any atom is -0.489 e. The largest absolute Gasteiger partial charge is 0.489 e. The van der Waals surface area contributed by atoms with E-state index < -0.39 is 0 Å². The summed E-state index contributed by atoms with van der Waals surface area (Å²) in [5.74, 6) is 3.33. The average molecular weight is 433 g/mol. The van der Waals surface area contributed by atoms with Crippen molar-refractivity contribution in [3.8, 4) is 5.75 Å². The van der Waals surface area contributed by atoms with Gasteiger partial charge in [-0.15, -0.1) is 6.58 Å². The number of aryl methyl sites for hydroxylation is 1. The first-order valence-corrected chi connectivity index (χ1v) is 12.7. The molecule has 5 atom stereocenters. The normalized spacial score (nSPS) is 30.2. The maximum atomic E-state index is 6.22. The summed E-state index contributed by atoms with van der Waals surface area (Å²) in [6, 6.07) is 17.3. The van der Waals surface area contributed by atoms with E-state index in [1.54, 1.807) is 5.56 Å². The zero-order chi connectivity index (χ0) is 22.6. The molecule has 0 bridgehead atoms. The van der Waals surface area contributed by atoms with Gasteiger partial charge in [-0.2, -0.15) is 0 Å². The van der Waals surface area contributed by atoms with Crippen LogP contribution in [0.15, 0.2) is 61.2 Å². The molecular weight excluding hydrogens is 392 g/mol. The third-order valence-corrected chi connectivity index (χ3v) is 8.27. The lowest BCUT2D eigenvalue weighted by molar-refractivity contribution is -0.0554.